The van der Waals surface area contributed by atoms with E-state index >= 15 is 4.39 Å². The van der Waals surface area contributed by atoms with E-state index in [1.807, 2.05) is 6.07 Å². The van der Waals surface area contributed by atoms with Crippen molar-refractivity contribution in [2.45, 2.75) is 12.7 Å². The lowest BCUT2D eigenvalue weighted by atomic mass is 10.00. The fourth-order valence-electron chi connectivity index (χ4n) is 3.17. The molecular weight excluding hydrogens is 428 g/mol. The van der Waals surface area contributed by atoms with Gasteiger partial charge in [-0.25, -0.2) is 18.6 Å². The van der Waals surface area contributed by atoms with Gasteiger partial charge in [-0.1, -0.05) is 41.9 Å². The van der Waals surface area contributed by atoms with Crippen LogP contribution in [0.3, 0.4) is 0 Å². The molecule has 0 saturated carbocycles. The molecule has 4 rings (SSSR count). The smallest absolute Gasteiger partial charge is 0.412 e. The maximum absolute atomic E-state index is 15.1. The van der Waals surface area contributed by atoms with E-state index in [-0.39, 0.29) is 17.9 Å². The lowest BCUT2D eigenvalue weighted by Crippen LogP contribution is -2.16. The third-order valence-corrected chi connectivity index (χ3v) is 4.88. The quantitative estimate of drug-likeness (QED) is 0.389. The zero-order chi connectivity index (χ0) is 22.0. The molecule has 158 valence electrons. The Morgan fingerprint density at radius 3 is 2.77 bits per heavy atom. The van der Waals surface area contributed by atoms with Gasteiger partial charge in [0.15, 0.2) is 5.82 Å². The first-order valence-electron chi connectivity index (χ1n) is 9.20. The van der Waals surface area contributed by atoms with Crippen LogP contribution in [0.5, 0.6) is 0 Å². The maximum atomic E-state index is 15.1. The van der Waals surface area contributed by atoms with E-state index in [4.69, 9.17) is 16.3 Å². The number of carbonyl (C=O) groups excluding carboxylic acids is 1. The molecule has 0 bridgehead atoms. The highest BCUT2D eigenvalue weighted by Gasteiger charge is 2.25. The van der Waals surface area contributed by atoms with Crippen molar-refractivity contribution in [1.82, 2.24) is 9.97 Å². The lowest BCUT2D eigenvalue weighted by molar-refractivity contribution is 0.155. The fraction of sp³-hybridized carbons (Fsp3) is 0.0909. The Balaban J connectivity index is 1.58. The molecule has 1 unspecified atom stereocenters. The summed E-state index contributed by atoms with van der Waals surface area (Å²) in [5, 5.41) is 13.7. The number of anilines is 1. The molecule has 0 saturated heterocycles. The average Bonchev–Trinajstić information content (AvgIpc) is 3.18. The Morgan fingerprint density at radius 2 is 2.00 bits per heavy atom. The molecule has 1 amide bonds. The topological polar surface area (TPSA) is 87.2 Å². The van der Waals surface area contributed by atoms with Crippen LogP contribution in [-0.4, -0.2) is 21.2 Å². The number of nitrogens with zero attached hydrogens (tertiary/aromatic N) is 1. The molecule has 0 aliphatic carbocycles. The van der Waals surface area contributed by atoms with Crippen molar-refractivity contribution >= 4 is 34.4 Å². The van der Waals surface area contributed by atoms with Gasteiger partial charge in [0, 0.05) is 23.3 Å². The average molecular weight is 444 g/mol. The summed E-state index contributed by atoms with van der Waals surface area (Å²) in [7, 11) is 0. The van der Waals surface area contributed by atoms with Gasteiger partial charge in [-0.05, 0) is 23.8 Å². The van der Waals surface area contributed by atoms with Gasteiger partial charge < -0.3 is 14.8 Å². The molecule has 1 atom stereocenters. The van der Waals surface area contributed by atoms with Crippen LogP contribution in [0.25, 0.3) is 11.0 Å². The van der Waals surface area contributed by atoms with Crippen molar-refractivity contribution < 1.29 is 23.4 Å². The van der Waals surface area contributed by atoms with E-state index in [2.05, 4.69) is 15.3 Å². The van der Waals surface area contributed by atoms with Gasteiger partial charge in [0.1, 0.15) is 24.2 Å². The number of nitrogens with one attached hydrogen (secondary N) is 2. The van der Waals surface area contributed by atoms with E-state index in [9.17, 15) is 14.3 Å². The van der Waals surface area contributed by atoms with Crippen LogP contribution in [-0.2, 0) is 11.3 Å². The van der Waals surface area contributed by atoms with Gasteiger partial charge in [0.25, 0.3) is 0 Å². The molecule has 0 radical (unpaired) electrons. The zero-order valence-corrected chi connectivity index (χ0v) is 16.7. The van der Waals surface area contributed by atoms with Gasteiger partial charge in [-0.15, -0.1) is 0 Å². The van der Waals surface area contributed by atoms with E-state index in [1.165, 1.54) is 18.5 Å². The largest absolute Gasteiger partial charge is 0.444 e. The highest BCUT2D eigenvalue weighted by molar-refractivity contribution is 6.31. The van der Waals surface area contributed by atoms with E-state index in [0.717, 1.165) is 17.7 Å². The molecular formula is C22H16ClF2N3O3. The molecule has 2 aromatic heterocycles. The highest BCUT2D eigenvalue weighted by Crippen LogP contribution is 2.34. The Kier molecular flexibility index (Phi) is 5.83. The Labute approximate surface area is 180 Å². The molecule has 0 aliphatic rings. The number of benzene rings is 2. The van der Waals surface area contributed by atoms with Crippen molar-refractivity contribution in [3.8, 4) is 0 Å². The number of carbonyl (C=O) groups is 1. The summed E-state index contributed by atoms with van der Waals surface area (Å²) in [6.45, 7) is -0.0198. The van der Waals surface area contributed by atoms with Crippen molar-refractivity contribution in [3.05, 3.63) is 94.3 Å². The van der Waals surface area contributed by atoms with Crippen molar-refractivity contribution in [1.29, 1.82) is 0 Å². The molecule has 4 aromatic rings. The summed E-state index contributed by atoms with van der Waals surface area (Å²) in [5.74, 6) is -2.09. The Morgan fingerprint density at radius 1 is 1.23 bits per heavy atom. The summed E-state index contributed by atoms with van der Waals surface area (Å²) in [6.07, 6.45) is 0.212. The van der Waals surface area contributed by atoms with Crippen LogP contribution in [0.15, 0.2) is 60.9 Å². The summed E-state index contributed by atoms with van der Waals surface area (Å²) in [6, 6.07) is 12.5. The van der Waals surface area contributed by atoms with Crippen LogP contribution < -0.4 is 5.32 Å². The third kappa shape index (κ3) is 4.35. The number of fused-ring (bicyclic) bond motifs is 1. The van der Waals surface area contributed by atoms with E-state index in [0.29, 0.717) is 16.1 Å². The van der Waals surface area contributed by atoms with E-state index in [1.54, 1.807) is 24.3 Å². The van der Waals surface area contributed by atoms with Gasteiger partial charge >= 0.3 is 6.09 Å². The number of pyridine rings is 1. The number of halogens is 3. The van der Waals surface area contributed by atoms with Gasteiger partial charge in [-0.2, -0.15) is 0 Å². The molecule has 3 N–H and O–H groups in total. The number of aromatic nitrogens is 2. The molecule has 0 spiro atoms. The zero-order valence-electron chi connectivity index (χ0n) is 15.9. The monoisotopic (exact) mass is 443 g/mol. The Hall–Kier alpha value is -3.49. The number of aromatic amines is 1. The second kappa shape index (κ2) is 8.71. The van der Waals surface area contributed by atoms with Gasteiger partial charge in [0.2, 0.25) is 0 Å². The summed E-state index contributed by atoms with van der Waals surface area (Å²) in [5.41, 5.74) is 0.385. The fourth-order valence-corrected chi connectivity index (χ4v) is 3.32. The number of H-pyrrole nitrogens is 1. The second-order valence-corrected chi connectivity index (χ2v) is 7.14. The number of hydrogen-bond acceptors (Lipinski definition) is 4. The lowest BCUT2D eigenvalue weighted by Gasteiger charge is -2.15. The Bertz CT molecular complexity index is 1250. The molecule has 2 aromatic carbocycles. The number of ether oxygens (including phenoxy) is 1. The standard InChI is InChI=1S/C22H16ClF2N3O3/c23-13-8-14-15(10-27-21(14)26-9-13)20(29)18-16(24)6-7-17(19(18)25)28-22(30)31-11-12-4-2-1-3-5-12/h1-10,20,29H,11H2,(H,26,27)(H,28,30). The third-order valence-electron chi connectivity index (χ3n) is 4.67. The minimum atomic E-state index is -1.67. The summed E-state index contributed by atoms with van der Waals surface area (Å²) in [4.78, 5) is 18.9. The molecule has 6 nitrogen and oxygen atoms in total. The number of aliphatic hydroxyl groups is 1. The van der Waals surface area contributed by atoms with Gasteiger partial charge in [-0.3, -0.25) is 5.32 Å². The van der Waals surface area contributed by atoms with Crippen LogP contribution in [0.2, 0.25) is 5.02 Å². The molecule has 0 aliphatic heterocycles. The van der Waals surface area contributed by atoms with Crippen LogP contribution in [0.1, 0.15) is 22.8 Å². The number of amides is 1. The van der Waals surface area contributed by atoms with Crippen LogP contribution in [0.4, 0.5) is 19.3 Å². The predicted molar refractivity (Wildman–Crippen MR) is 112 cm³/mol. The first-order chi connectivity index (χ1) is 14.9. The number of aliphatic hydroxyl groups excluding tert-OH is 1. The normalized spacial score (nSPS) is 12.0. The summed E-state index contributed by atoms with van der Waals surface area (Å²) < 4.78 is 34.6. The molecule has 0 fully saturated rings. The summed E-state index contributed by atoms with van der Waals surface area (Å²) >= 11 is 5.95. The van der Waals surface area contributed by atoms with Gasteiger partial charge in [0.05, 0.1) is 16.3 Å². The minimum absolute atomic E-state index is 0.0198. The number of rotatable bonds is 5. The minimum Gasteiger partial charge on any atom is -0.444 e. The molecule has 31 heavy (non-hydrogen) atoms. The second-order valence-electron chi connectivity index (χ2n) is 6.71. The van der Waals surface area contributed by atoms with Crippen LogP contribution in [0, 0.1) is 11.6 Å². The molecule has 9 heteroatoms. The predicted octanol–water partition coefficient (Wildman–Crippen LogP) is 5.32. The molecule has 2 heterocycles. The first kappa shape index (κ1) is 20.8. The highest BCUT2D eigenvalue weighted by atomic mass is 35.5. The first-order valence-corrected chi connectivity index (χ1v) is 9.58. The van der Waals surface area contributed by atoms with Crippen molar-refractivity contribution in [2.24, 2.45) is 0 Å². The number of hydrogen-bond donors (Lipinski definition) is 3. The van der Waals surface area contributed by atoms with E-state index < -0.39 is 29.4 Å². The van der Waals surface area contributed by atoms with Crippen molar-refractivity contribution in [2.75, 3.05) is 5.32 Å². The SMILES string of the molecule is O=C(Nc1ccc(F)c(C(O)c2c[nH]c3ncc(Cl)cc23)c1F)OCc1ccccc1. The maximum Gasteiger partial charge on any atom is 0.412 e. The van der Waals surface area contributed by atoms with Crippen molar-refractivity contribution in [3.63, 3.8) is 0 Å². The van der Waals surface area contributed by atoms with Crippen LogP contribution >= 0.6 is 11.6 Å².